The lowest BCUT2D eigenvalue weighted by Crippen LogP contribution is -2.13. The van der Waals surface area contributed by atoms with Crippen LogP contribution in [0, 0.1) is 18.6 Å². The van der Waals surface area contributed by atoms with Gasteiger partial charge in [0.2, 0.25) is 0 Å². The molecule has 0 N–H and O–H groups in total. The van der Waals surface area contributed by atoms with Gasteiger partial charge in [-0.15, -0.1) is 0 Å². The largest absolute Gasteiger partial charge is 0.294 e. The highest BCUT2D eigenvalue weighted by Gasteiger charge is 2.20. The van der Waals surface area contributed by atoms with Crippen LogP contribution in [-0.2, 0) is 9.84 Å². The first-order valence-corrected chi connectivity index (χ1v) is 6.94. The Labute approximate surface area is 98.4 Å². The number of sulfone groups is 1. The number of halogens is 2. The van der Waals surface area contributed by atoms with Crippen molar-refractivity contribution in [1.29, 1.82) is 0 Å². The van der Waals surface area contributed by atoms with E-state index in [9.17, 15) is 22.0 Å². The summed E-state index contributed by atoms with van der Waals surface area (Å²) in [6.45, 7) is 1.40. The van der Waals surface area contributed by atoms with E-state index in [1.807, 2.05) is 0 Å². The summed E-state index contributed by atoms with van der Waals surface area (Å²) in [5.74, 6) is -3.15. The van der Waals surface area contributed by atoms with Crippen LogP contribution >= 0.6 is 0 Å². The zero-order valence-electron chi connectivity index (χ0n) is 9.46. The van der Waals surface area contributed by atoms with Crippen LogP contribution in [0.1, 0.15) is 22.3 Å². The molecule has 0 amide bonds. The molecule has 1 aromatic rings. The first kappa shape index (κ1) is 13.8. The number of hydrogen-bond acceptors (Lipinski definition) is 3. The van der Waals surface area contributed by atoms with E-state index in [-0.39, 0.29) is 5.56 Å². The zero-order chi connectivity index (χ0) is 13.2. The minimum Gasteiger partial charge on any atom is -0.294 e. The van der Waals surface area contributed by atoms with Crippen molar-refractivity contribution in [3.05, 3.63) is 34.9 Å². The van der Waals surface area contributed by atoms with E-state index >= 15 is 0 Å². The molecule has 3 nitrogen and oxygen atoms in total. The predicted molar refractivity (Wildman–Crippen MR) is 59.8 cm³/mol. The smallest absolute Gasteiger partial charge is 0.169 e. The van der Waals surface area contributed by atoms with Gasteiger partial charge in [0.25, 0.3) is 0 Å². The number of carbonyl (C=O) groups is 1. The third-order valence-corrected chi connectivity index (χ3v) is 3.21. The monoisotopic (exact) mass is 262 g/mol. The molecule has 0 fully saturated rings. The molecule has 1 rings (SSSR count). The maximum Gasteiger partial charge on any atom is 0.169 e. The van der Waals surface area contributed by atoms with Crippen LogP contribution in [0.15, 0.2) is 12.1 Å². The quantitative estimate of drug-likeness (QED) is 0.779. The van der Waals surface area contributed by atoms with Crippen LogP contribution in [0.3, 0.4) is 0 Å². The molecular formula is C11H12F2O3S. The summed E-state index contributed by atoms with van der Waals surface area (Å²) in [6, 6.07) is 2.21. The summed E-state index contributed by atoms with van der Waals surface area (Å²) in [4.78, 5) is 11.5. The molecule has 0 saturated heterocycles. The molecule has 0 saturated carbocycles. The van der Waals surface area contributed by atoms with Gasteiger partial charge >= 0.3 is 0 Å². The predicted octanol–water partition coefficient (Wildman–Crippen LogP) is 1.89. The van der Waals surface area contributed by atoms with Crippen molar-refractivity contribution >= 4 is 15.6 Å². The van der Waals surface area contributed by atoms with Gasteiger partial charge in [0.15, 0.2) is 5.78 Å². The number of hydrogen-bond donors (Lipinski definition) is 0. The minimum absolute atomic E-state index is 0.147. The average Bonchev–Trinajstić information content (AvgIpc) is 2.20. The van der Waals surface area contributed by atoms with E-state index in [1.54, 1.807) is 0 Å². The van der Waals surface area contributed by atoms with E-state index in [1.165, 1.54) is 13.0 Å². The highest BCUT2D eigenvalue weighted by atomic mass is 32.2. The Balaban J connectivity index is 3.01. The minimum atomic E-state index is -3.33. The Bertz CT molecular complexity index is 550. The summed E-state index contributed by atoms with van der Waals surface area (Å²) in [5.41, 5.74) is -0.511. The molecule has 1 aromatic carbocycles. The second-order valence-electron chi connectivity index (χ2n) is 3.86. The molecule has 17 heavy (non-hydrogen) atoms. The maximum atomic E-state index is 13.5. The number of rotatable bonds is 4. The summed E-state index contributed by atoms with van der Waals surface area (Å²) >= 11 is 0. The highest BCUT2D eigenvalue weighted by Crippen LogP contribution is 2.18. The van der Waals surface area contributed by atoms with Gasteiger partial charge in [-0.25, -0.2) is 17.2 Å². The molecule has 0 aliphatic heterocycles. The van der Waals surface area contributed by atoms with Crippen LogP contribution < -0.4 is 0 Å². The maximum absolute atomic E-state index is 13.5. The van der Waals surface area contributed by atoms with Gasteiger partial charge in [-0.2, -0.15) is 0 Å². The summed E-state index contributed by atoms with van der Waals surface area (Å²) in [7, 11) is -3.33. The molecule has 0 radical (unpaired) electrons. The fourth-order valence-electron chi connectivity index (χ4n) is 1.32. The first-order valence-electron chi connectivity index (χ1n) is 4.88. The van der Waals surface area contributed by atoms with E-state index in [0.29, 0.717) is 0 Å². The lowest BCUT2D eigenvalue weighted by atomic mass is 10.0. The average molecular weight is 262 g/mol. The lowest BCUT2D eigenvalue weighted by molar-refractivity contribution is 0.0980. The zero-order valence-corrected chi connectivity index (χ0v) is 10.3. The summed E-state index contributed by atoms with van der Waals surface area (Å²) < 4.78 is 48.5. The van der Waals surface area contributed by atoms with Crippen molar-refractivity contribution in [1.82, 2.24) is 0 Å². The number of ketones is 1. The van der Waals surface area contributed by atoms with Gasteiger partial charge in [0.05, 0.1) is 11.3 Å². The van der Waals surface area contributed by atoms with Crippen molar-refractivity contribution in [2.24, 2.45) is 0 Å². The number of carbonyl (C=O) groups excluding carboxylic acids is 1. The van der Waals surface area contributed by atoms with Crippen molar-refractivity contribution in [2.45, 2.75) is 13.3 Å². The van der Waals surface area contributed by atoms with Crippen LogP contribution in [0.5, 0.6) is 0 Å². The molecule has 0 aliphatic rings. The topological polar surface area (TPSA) is 51.2 Å². The van der Waals surface area contributed by atoms with E-state index in [2.05, 4.69) is 0 Å². The standard InChI is InChI=1S/C11H12F2O3S/c1-7-3-4-8(12)10(11(7)13)9(14)5-6-17(2,15)16/h3-4H,5-6H2,1-2H3. The first-order chi connectivity index (χ1) is 7.72. The molecular weight excluding hydrogens is 250 g/mol. The van der Waals surface area contributed by atoms with Gasteiger partial charge in [0.1, 0.15) is 21.5 Å². The van der Waals surface area contributed by atoms with Crippen molar-refractivity contribution < 1.29 is 22.0 Å². The molecule has 0 unspecified atom stereocenters. The van der Waals surface area contributed by atoms with Crippen LogP contribution in [-0.4, -0.2) is 26.2 Å². The van der Waals surface area contributed by atoms with Gasteiger partial charge in [-0.1, -0.05) is 6.07 Å². The lowest BCUT2D eigenvalue weighted by Gasteiger charge is -2.05. The second-order valence-corrected chi connectivity index (χ2v) is 6.12. The Kier molecular flexibility index (Phi) is 3.98. The SMILES string of the molecule is Cc1ccc(F)c(C(=O)CCS(C)(=O)=O)c1F. The van der Waals surface area contributed by atoms with Crippen molar-refractivity contribution in [2.75, 3.05) is 12.0 Å². The van der Waals surface area contributed by atoms with E-state index in [0.717, 1.165) is 12.3 Å². The van der Waals surface area contributed by atoms with Crippen molar-refractivity contribution in [3.8, 4) is 0 Å². The molecule has 0 spiro atoms. The Morgan fingerprint density at radius 1 is 1.29 bits per heavy atom. The molecule has 0 heterocycles. The van der Waals surface area contributed by atoms with Crippen LogP contribution in [0.25, 0.3) is 0 Å². The summed E-state index contributed by atoms with van der Waals surface area (Å²) in [6.07, 6.45) is 0.541. The normalized spacial score (nSPS) is 11.5. The Morgan fingerprint density at radius 3 is 2.41 bits per heavy atom. The summed E-state index contributed by atoms with van der Waals surface area (Å²) in [5, 5.41) is 0. The van der Waals surface area contributed by atoms with E-state index in [4.69, 9.17) is 0 Å². The van der Waals surface area contributed by atoms with Gasteiger partial charge in [0, 0.05) is 12.7 Å². The molecule has 6 heteroatoms. The van der Waals surface area contributed by atoms with Crippen LogP contribution in [0.2, 0.25) is 0 Å². The van der Waals surface area contributed by atoms with E-state index < -0.39 is 45.0 Å². The molecule has 0 bridgehead atoms. The molecule has 94 valence electrons. The second kappa shape index (κ2) is 4.91. The Morgan fingerprint density at radius 2 is 1.88 bits per heavy atom. The van der Waals surface area contributed by atoms with Gasteiger partial charge < -0.3 is 0 Å². The van der Waals surface area contributed by atoms with Gasteiger partial charge in [-0.05, 0) is 18.6 Å². The highest BCUT2D eigenvalue weighted by molar-refractivity contribution is 7.90. The fourth-order valence-corrected chi connectivity index (χ4v) is 1.87. The Hall–Kier alpha value is -1.30. The molecule has 0 atom stereocenters. The number of aryl methyl sites for hydroxylation is 1. The van der Waals surface area contributed by atoms with Gasteiger partial charge in [-0.3, -0.25) is 4.79 Å². The molecule has 0 aliphatic carbocycles. The third-order valence-electron chi connectivity index (χ3n) is 2.26. The molecule has 0 aromatic heterocycles. The third kappa shape index (κ3) is 3.59. The van der Waals surface area contributed by atoms with Crippen molar-refractivity contribution in [3.63, 3.8) is 0 Å². The van der Waals surface area contributed by atoms with Crippen LogP contribution in [0.4, 0.5) is 8.78 Å². The number of Topliss-reactive ketones (excluding diaryl/α,β-unsaturated/α-hetero) is 1. The fraction of sp³-hybridized carbons (Fsp3) is 0.364. The number of benzene rings is 1.